The molecule has 0 radical (unpaired) electrons. The maximum absolute atomic E-state index is 12.4. The van der Waals surface area contributed by atoms with Crippen LogP contribution in [0, 0.1) is 0 Å². The SMILES string of the molecule is COCCN1C(=O)COc2c1cnc1ccc(Sc3nnc4ccc(-c5cnn(C)c5)cn34)cc21. The van der Waals surface area contributed by atoms with Gasteiger partial charge in [-0.15, -0.1) is 10.2 Å². The fourth-order valence-electron chi connectivity index (χ4n) is 4.10. The molecule has 4 aromatic heterocycles. The van der Waals surface area contributed by atoms with E-state index in [-0.39, 0.29) is 12.5 Å². The van der Waals surface area contributed by atoms with Crippen molar-refractivity contribution < 1.29 is 14.3 Å². The standard InChI is InChI=1S/C24H21N7O3S/c1-29-12-16(10-26-29)15-3-6-21-27-28-24(31(21)13-15)35-17-4-5-19-18(9-17)23-20(11-25-19)30(7-8-33-2)22(32)14-34-23/h3-6,9-13H,7-8,14H2,1-2H3. The number of hydrogen-bond donors (Lipinski definition) is 0. The zero-order valence-corrected chi connectivity index (χ0v) is 19.9. The molecule has 5 aromatic rings. The average Bonchev–Trinajstić information content (AvgIpc) is 3.49. The van der Waals surface area contributed by atoms with E-state index in [1.54, 1.807) is 22.9 Å². The van der Waals surface area contributed by atoms with Crippen molar-refractivity contribution in [3.05, 3.63) is 55.1 Å². The Bertz CT molecular complexity index is 1580. The van der Waals surface area contributed by atoms with Gasteiger partial charge < -0.3 is 14.4 Å². The van der Waals surface area contributed by atoms with Crippen LogP contribution in [-0.2, 0) is 16.6 Å². The number of fused-ring (bicyclic) bond motifs is 4. The minimum Gasteiger partial charge on any atom is -0.481 e. The molecule has 0 bridgehead atoms. The Balaban J connectivity index is 1.37. The number of rotatable bonds is 6. The summed E-state index contributed by atoms with van der Waals surface area (Å²) >= 11 is 1.50. The molecule has 0 saturated carbocycles. The highest BCUT2D eigenvalue weighted by molar-refractivity contribution is 7.99. The van der Waals surface area contributed by atoms with Crippen LogP contribution in [0.15, 0.2) is 65.2 Å². The Hall–Kier alpha value is -3.96. The number of aromatic nitrogens is 6. The molecule has 5 heterocycles. The van der Waals surface area contributed by atoms with E-state index >= 15 is 0 Å². The Labute approximate surface area is 204 Å². The number of pyridine rings is 2. The van der Waals surface area contributed by atoms with Gasteiger partial charge in [-0.05, 0) is 42.1 Å². The molecule has 11 heteroatoms. The Morgan fingerprint density at radius 3 is 2.86 bits per heavy atom. The fraction of sp³-hybridized carbons (Fsp3) is 0.208. The van der Waals surface area contributed by atoms with Crippen molar-refractivity contribution in [2.75, 3.05) is 31.8 Å². The number of aryl methyl sites for hydroxylation is 1. The molecule has 0 aliphatic carbocycles. The highest BCUT2D eigenvalue weighted by atomic mass is 32.2. The molecule has 35 heavy (non-hydrogen) atoms. The van der Waals surface area contributed by atoms with E-state index in [2.05, 4.69) is 20.3 Å². The lowest BCUT2D eigenvalue weighted by molar-refractivity contribution is -0.121. The molecule has 1 aliphatic heterocycles. The third kappa shape index (κ3) is 3.88. The van der Waals surface area contributed by atoms with Crippen LogP contribution in [0.25, 0.3) is 27.7 Å². The summed E-state index contributed by atoms with van der Waals surface area (Å²) in [5.74, 6) is 0.540. The number of methoxy groups -OCH3 is 1. The summed E-state index contributed by atoms with van der Waals surface area (Å²) in [5, 5.41) is 14.5. The number of benzene rings is 1. The van der Waals surface area contributed by atoms with Crippen molar-refractivity contribution >= 4 is 39.9 Å². The first-order valence-corrected chi connectivity index (χ1v) is 11.8. The first-order chi connectivity index (χ1) is 17.1. The molecular weight excluding hydrogens is 466 g/mol. The van der Waals surface area contributed by atoms with Crippen LogP contribution in [0.1, 0.15) is 0 Å². The average molecular weight is 488 g/mol. The monoisotopic (exact) mass is 487 g/mol. The zero-order chi connectivity index (χ0) is 23.9. The molecule has 1 aliphatic rings. The molecule has 0 fully saturated rings. The van der Waals surface area contributed by atoms with Crippen LogP contribution < -0.4 is 9.64 Å². The van der Waals surface area contributed by atoms with Gasteiger partial charge in [0.05, 0.1) is 24.5 Å². The van der Waals surface area contributed by atoms with E-state index in [4.69, 9.17) is 9.47 Å². The number of anilines is 1. The molecular formula is C24H21N7O3S. The van der Waals surface area contributed by atoms with Crippen molar-refractivity contribution in [3.63, 3.8) is 0 Å². The smallest absolute Gasteiger partial charge is 0.265 e. The zero-order valence-electron chi connectivity index (χ0n) is 19.1. The van der Waals surface area contributed by atoms with Crippen molar-refractivity contribution in [1.29, 1.82) is 0 Å². The van der Waals surface area contributed by atoms with E-state index in [0.717, 1.165) is 37.7 Å². The van der Waals surface area contributed by atoms with E-state index in [0.29, 0.717) is 24.6 Å². The Morgan fingerprint density at radius 1 is 1.11 bits per heavy atom. The Kier molecular flexibility index (Phi) is 5.34. The van der Waals surface area contributed by atoms with E-state index in [9.17, 15) is 4.79 Å². The summed E-state index contributed by atoms with van der Waals surface area (Å²) in [4.78, 5) is 19.6. The van der Waals surface area contributed by atoms with Crippen molar-refractivity contribution in [2.24, 2.45) is 7.05 Å². The van der Waals surface area contributed by atoms with Gasteiger partial charge in [-0.2, -0.15) is 5.10 Å². The number of carbonyl (C=O) groups is 1. The molecule has 0 saturated heterocycles. The van der Waals surface area contributed by atoms with Crippen LogP contribution in [0.3, 0.4) is 0 Å². The third-order valence-electron chi connectivity index (χ3n) is 5.84. The lowest BCUT2D eigenvalue weighted by Gasteiger charge is -2.29. The molecule has 176 valence electrons. The summed E-state index contributed by atoms with van der Waals surface area (Å²) in [5.41, 5.74) is 4.25. The van der Waals surface area contributed by atoms with Gasteiger partial charge in [0.2, 0.25) is 0 Å². The van der Waals surface area contributed by atoms with Gasteiger partial charge in [-0.1, -0.05) is 0 Å². The van der Waals surface area contributed by atoms with Crippen LogP contribution in [0.4, 0.5) is 5.69 Å². The van der Waals surface area contributed by atoms with Gasteiger partial charge in [0.25, 0.3) is 5.91 Å². The maximum Gasteiger partial charge on any atom is 0.265 e. The molecule has 10 nitrogen and oxygen atoms in total. The lowest BCUT2D eigenvalue weighted by Crippen LogP contribution is -2.40. The van der Waals surface area contributed by atoms with Crippen molar-refractivity contribution in [1.82, 2.24) is 29.4 Å². The summed E-state index contributed by atoms with van der Waals surface area (Å²) < 4.78 is 14.8. The fourth-order valence-corrected chi connectivity index (χ4v) is 4.95. The summed E-state index contributed by atoms with van der Waals surface area (Å²) in [6, 6.07) is 9.91. The lowest BCUT2D eigenvalue weighted by atomic mass is 10.1. The van der Waals surface area contributed by atoms with Crippen LogP contribution in [-0.4, -0.2) is 62.1 Å². The highest BCUT2D eigenvalue weighted by Crippen LogP contribution is 2.40. The number of nitrogens with zero attached hydrogens (tertiary/aromatic N) is 7. The van der Waals surface area contributed by atoms with Crippen molar-refractivity contribution in [2.45, 2.75) is 10.1 Å². The summed E-state index contributed by atoms with van der Waals surface area (Å²) in [6.07, 6.45) is 7.50. The van der Waals surface area contributed by atoms with Gasteiger partial charge >= 0.3 is 0 Å². The molecule has 0 N–H and O–H groups in total. The Morgan fingerprint density at radius 2 is 2.03 bits per heavy atom. The second-order valence-electron chi connectivity index (χ2n) is 8.11. The predicted octanol–water partition coefficient (Wildman–Crippen LogP) is 3.20. The first-order valence-electron chi connectivity index (χ1n) is 11.0. The maximum atomic E-state index is 12.4. The van der Waals surface area contributed by atoms with Gasteiger partial charge in [-0.25, -0.2) is 0 Å². The molecule has 0 spiro atoms. The van der Waals surface area contributed by atoms with Gasteiger partial charge in [0, 0.05) is 54.5 Å². The summed E-state index contributed by atoms with van der Waals surface area (Å²) in [6.45, 7) is 0.859. The van der Waals surface area contributed by atoms with Crippen LogP contribution in [0.5, 0.6) is 5.75 Å². The molecule has 0 unspecified atom stereocenters. The number of ether oxygens (including phenoxy) is 2. The second-order valence-corrected chi connectivity index (χ2v) is 9.15. The number of carbonyl (C=O) groups excluding carboxylic acids is 1. The van der Waals surface area contributed by atoms with Crippen LogP contribution in [0.2, 0.25) is 0 Å². The van der Waals surface area contributed by atoms with E-state index in [1.165, 1.54) is 11.8 Å². The molecule has 6 rings (SSSR count). The van der Waals surface area contributed by atoms with E-state index < -0.39 is 0 Å². The predicted molar refractivity (Wildman–Crippen MR) is 131 cm³/mol. The topological polar surface area (TPSA) is 99.7 Å². The molecule has 0 atom stereocenters. The van der Waals surface area contributed by atoms with Gasteiger partial charge in [-0.3, -0.25) is 18.9 Å². The molecule has 1 aromatic carbocycles. The minimum absolute atomic E-state index is 0.0147. The number of hydrogen-bond acceptors (Lipinski definition) is 8. The highest BCUT2D eigenvalue weighted by Gasteiger charge is 2.27. The minimum atomic E-state index is -0.111. The van der Waals surface area contributed by atoms with Crippen molar-refractivity contribution in [3.8, 4) is 16.9 Å². The second kappa shape index (κ2) is 8.67. The largest absolute Gasteiger partial charge is 0.481 e. The normalized spacial score (nSPS) is 13.4. The third-order valence-corrected chi connectivity index (χ3v) is 6.79. The first kappa shape index (κ1) is 21.6. The molecule has 1 amide bonds. The van der Waals surface area contributed by atoms with Gasteiger partial charge in [0.1, 0.15) is 5.69 Å². The number of amides is 1. The van der Waals surface area contributed by atoms with Gasteiger partial charge in [0.15, 0.2) is 23.2 Å². The van der Waals surface area contributed by atoms with Crippen LogP contribution >= 0.6 is 11.8 Å². The van der Waals surface area contributed by atoms with E-state index in [1.807, 2.05) is 60.4 Å². The summed E-state index contributed by atoms with van der Waals surface area (Å²) in [7, 11) is 3.51. The quantitative estimate of drug-likeness (QED) is 0.360.